The molecule has 0 unspecified atom stereocenters. The van der Waals surface area contributed by atoms with Crippen molar-refractivity contribution < 1.29 is 9.63 Å². The molecule has 12 heavy (non-hydrogen) atoms. The molecule has 0 spiro atoms. The molecule has 0 aliphatic rings. The van der Waals surface area contributed by atoms with E-state index in [-0.39, 0.29) is 5.78 Å². The van der Waals surface area contributed by atoms with Crippen molar-refractivity contribution in [2.75, 3.05) is 0 Å². The average molecular weight is 165 g/mol. The summed E-state index contributed by atoms with van der Waals surface area (Å²) >= 11 is 0. The molecule has 0 heterocycles. The smallest absolute Gasteiger partial charge is 0.162 e. The average Bonchev–Trinajstić information content (AvgIpc) is 2.17. The van der Waals surface area contributed by atoms with Crippen LogP contribution in [0.3, 0.4) is 0 Å². The molecule has 2 N–H and O–H groups in total. The van der Waals surface area contributed by atoms with Crippen LogP contribution in [0.1, 0.15) is 23.7 Å². The zero-order chi connectivity index (χ0) is 8.97. The molecule has 3 heteroatoms. The maximum Gasteiger partial charge on any atom is 0.162 e. The minimum absolute atomic E-state index is 0.124. The van der Waals surface area contributed by atoms with Gasteiger partial charge in [-0.05, 0) is 24.3 Å². The zero-order valence-electron chi connectivity index (χ0n) is 6.91. The van der Waals surface area contributed by atoms with E-state index in [9.17, 15) is 4.79 Å². The van der Waals surface area contributed by atoms with Gasteiger partial charge in [-0.3, -0.25) is 4.79 Å². The van der Waals surface area contributed by atoms with Crippen LogP contribution in [0.25, 0.3) is 0 Å². The first kappa shape index (κ1) is 8.74. The first-order valence-electron chi connectivity index (χ1n) is 3.78. The highest BCUT2D eigenvalue weighted by Crippen LogP contribution is 2.11. The van der Waals surface area contributed by atoms with Crippen molar-refractivity contribution >= 4 is 5.78 Å². The van der Waals surface area contributed by atoms with E-state index >= 15 is 0 Å². The zero-order valence-corrected chi connectivity index (χ0v) is 6.91. The SMILES string of the molecule is CCC(=O)c1ccc(ON)cc1. The Morgan fingerprint density at radius 2 is 2.00 bits per heavy atom. The van der Waals surface area contributed by atoms with Crippen molar-refractivity contribution in [2.45, 2.75) is 13.3 Å². The van der Waals surface area contributed by atoms with E-state index in [0.29, 0.717) is 17.7 Å². The molecule has 0 aromatic heterocycles. The molecule has 3 nitrogen and oxygen atoms in total. The molecule has 0 amide bonds. The van der Waals surface area contributed by atoms with E-state index in [1.165, 1.54) is 0 Å². The Bertz CT molecular complexity index is 266. The molecule has 1 rings (SSSR count). The lowest BCUT2D eigenvalue weighted by Gasteiger charge is -1.99. The van der Waals surface area contributed by atoms with Crippen LogP contribution in [0.5, 0.6) is 5.75 Å². The Labute approximate surface area is 71.1 Å². The Morgan fingerprint density at radius 1 is 1.42 bits per heavy atom. The molecule has 0 bridgehead atoms. The quantitative estimate of drug-likeness (QED) is 0.546. The Balaban J connectivity index is 2.84. The Morgan fingerprint density at radius 3 is 2.42 bits per heavy atom. The second-order valence-corrected chi connectivity index (χ2v) is 2.42. The summed E-state index contributed by atoms with van der Waals surface area (Å²) in [5, 5.41) is 0. The van der Waals surface area contributed by atoms with Crippen molar-refractivity contribution in [3.63, 3.8) is 0 Å². The monoisotopic (exact) mass is 165 g/mol. The lowest BCUT2D eigenvalue weighted by Crippen LogP contribution is -2.02. The predicted octanol–water partition coefficient (Wildman–Crippen LogP) is 1.53. The standard InChI is InChI=1S/C9H11NO2/c1-2-9(11)7-3-5-8(12-10)6-4-7/h3-6H,2,10H2,1H3. The number of carbonyl (C=O) groups excluding carboxylic acids is 1. The number of Topliss-reactive ketones (excluding diaryl/α,β-unsaturated/α-hetero) is 1. The van der Waals surface area contributed by atoms with Crippen LogP contribution < -0.4 is 10.7 Å². The lowest BCUT2D eigenvalue weighted by molar-refractivity contribution is 0.0988. The molecule has 0 fully saturated rings. The van der Waals surface area contributed by atoms with Crippen LogP contribution in [-0.2, 0) is 0 Å². The second kappa shape index (κ2) is 3.88. The topological polar surface area (TPSA) is 52.3 Å². The number of benzene rings is 1. The third-order valence-corrected chi connectivity index (χ3v) is 1.63. The number of ketones is 1. The van der Waals surface area contributed by atoms with Crippen LogP contribution in [0.15, 0.2) is 24.3 Å². The number of rotatable bonds is 3. The maximum atomic E-state index is 11.1. The van der Waals surface area contributed by atoms with Gasteiger partial charge in [0.05, 0.1) is 0 Å². The lowest BCUT2D eigenvalue weighted by atomic mass is 10.1. The van der Waals surface area contributed by atoms with E-state index in [0.717, 1.165) is 0 Å². The van der Waals surface area contributed by atoms with Gasteiger partial charge in [-0.1, -0.05) is 6.92 Å². The predicted molar refractivity (Wildman–Crippen MR) is 45.9 cm³/mol. The first-order valence-corrected chi connectivity index (χ1v) is 3.78. The van der Waals surface area contributed by atoms with Crippen molar-refractivity contribution in [3.8, 4) is 5.75 Å². The van der Waals surface area contributed by atoms with Gasteiger partial charge in [-0.25, -0.2) is 0 Å². The fourth-order valence-electron chi connectivity index (χ4n) is 0.924. The fraction of sp³-hybridized carbons (Fsp3) is 0.222. The van der Waals surface area contributed by atoms with Gasteiger partial charge in [0.15, 0.2) is 5.78 Å². The van der Waals surface area contributed by atoms with Gasteiger partial charge in [0.1, 0.15) is 5.75 Å². The first-order chi connectivity index (χ1) is 5.77. The molecule has 0 saturated heterocycles. The summed E-state index contributed by atoms with van der Waals surface area (Å²) in [6.07, 6.45) is 0.517. The molecule has 0 radical (unpaired) electrons. The van der Waals surface area contributed by atoms with Gasteiger partial charge >= 0.3 is 0 Å². The minimum Gasteiger partial charge on any atom is -0.412 e. The summed E-state index contributed by atoms with van der Waals surface area (Å²) in [4.78, 5) is 15.6. The van der Waals surface area contributed by atoms with Crippen LogP contribution in [0.4, 0.5) is 0 Å². The molecule has 0 aliphatic carbocycles. The maximum absolute atomic E-state index is 11.1. The van der Waals surface area contributed by atoms with Gasteiger partial charge in [0, 0.05) is 12.0 Å². The van der Waals surface area contributed by atoms with Gasteiger partial charge in [-0.2, -0.15) is 5.90 Å². The van der Waals surface area contributed by atoms with Crippen molar-refractivity contribution in [1.29, 1.82) is 0 Å². The number of hydrogen-bond donors (Lipinski definition) is 1. The summed E-state index contributed by atoms with van der Waals surface area (Å²) in [7, 11) is 0. The van der Waals surface area contributed by atoms with Crippen LogP contribution in [0.2, 0.25) is 0 Å². The van der Waals surface area contributed by atoms with Crippen molar-refractivity contribution in [2.24, 2.45) is 5.90 Å². The molecule has 1 aromatic carbocycles. The van der Waals surface area contributed by atoms with Crippen LogP contribution >= 0.6 is 0 Å². The van der Waals surface area contributed by atoms with E-state index < -0.39 is 0 Å². The van der Waals surface area contributed by atoms with Crippen LogP contribution in [-0.4, -0.2) is 5.78 Å². The van der Waals surface area contributed by atoms with Crippen molar-refractivity contribution in [3.05, 3.63) is 29.8 Å². The van der Waals surface area contributed by atoms with E-state index in [1.54, 1.807) is 24.3 Å². The molecule has 0 atom stereocenters. The van der Waals surface area contributed by atoms with E-state index in [2.05, 4.69) is 4.84 Å². The highest BCUT2D eigenvalue weighted by molar-refractivity contribution is 5.95. The summed E-state index contributed by atoms with van der Waals surface area (Å²) in [6.45, 7) is 1.83. The Kier molecular flexibility index (Phi) is 2.82. The molecule has 64 valence electrons. The van der Waals surface area contributed by atoms with E-state index in [1.807, 2.05) is 6.92 Å². The third-order valence-electron chi connectivity index (χ3n) is 1.63. The van der Waals surface area contributed by atoms with Gasteiger partial charge < -0.3 is 4.84 Å². The van der Waals surface area contributed by atoms with Gasteiger partial charge in [0.25, 0.3) is 0 Å². The second-order valence-electron chi connectivity index (χ2n) is 2.42. The number of nitrogens with two attached hydrogens (primary N) is 1. The van der Waals surface area contributed by atoms with Crippen molar-refractivity contribution in [1.82, 2.24) is 0 Å². The largest absolute Gasteiger partial charge is 0.412 e. The highest BCUT2D eigenvalue weighted by atomic mass is 16.6. The summed E-state index contributed by atoms with van der Waals surface area (Å²) < 4.78 is 0. The Hall–Kier alpha value is -1.35. The summed E-state index contributed by atoms with van der Waals surface area (Å²) in [5.74, 6) is 5.61. The van der Waals surface area contributed by atoms with Gasteiger partial charge in [-0.15, -0.1) is 0 Å². The summed E-state index contributed by atoms with van der Waals surface area (Å²) in [5.41, 5.74) is 0.693. The van der Waals surface area contributed by atoms with Gasteiger partial charge in [0.2, 0.25) is 0 Å². The van der Waals surface area contributed by atoms with Crippen LogP contribution in [0, 0.1) is 0 Å². The summed E-state index contributed by atoms with van der Waals surface area (Å²) in [6, 6.07) is 6.74. The minimum atomic E-state index is 0.124. The number of carbonyl (C=O) groups is 1. The van der Waals surface area contributed by atoms with E-state index in [4.69, 9.17) is 5.90 Å². The molecule has 1 aromatic rings. The molecule has 0 saturated carbocycles. The molecule has 0 aliphatic heterocycles. The number of hydrogen-bond acceptors (Lipinski definition) is 3. The molecular weight excluding hydrogens is 154 g/mol. The highest BCUT2D eigenvalue weighted by Gasteiger charge is 2.01. The fourth-order valence-corrected chi connectivity index (χ4v) is 0.924. The third kappa shape index (κ3) is 1.83. The normalized spacial score (nSPS) is 9.50. The molecular formula is C9H11NO2.